The Labute approximate surface area is 129 Å². The number of hydrogen-bond donors (Lipinski definition) is 0. The van der Waals surface area contributed by atoms with Crippen LogP contribution in [0.15, 0.2) is 12.4 Å². The number of hydrogen-bond acceptors (Lipinski definition) is 5. The zero-order chi connectivity index (χ0) is 15.2. The van der Waals surface area contributed by atoms with Crippen LogP contribution in [-0.4, -0.2) is 51.7 Å². The van der Waals surface area contributed by atoms with Gasteiger partial charge in [-0.15, -0.1) is 0 Å². The van der Waals surface area contributed by atoms with Gasteiger partial charge >= 0.3 is 6.09 Å². The molecule has 7 heteroatoms. The molecule has 0 aromatic carbocycles. The average molecular weight is 311 g/mol. The maximum atomic E-state index is 12.2. The van der Waals surface area contributed by atoms with Crippen LogP contribution in [0.25, 0.3) is 0 Å². The first-order valence-corrected chi connectivity index (χ1v) is 7.45. The van der Waals surface area contributed by atoms with Crippen LogP contribution in [0.3, 0.4) is 0 Å². The molecule has 0 radical (unpaired) electrons. The summed E-state index contributed by atoms with van der Waals surface area (Å²) in [6.07, 6.45) is 2.19. The number of ether oxygens (including phenoxy) is 1. The maximum absolute atomic E-state index is 12.2. The standard InChI is InChI=1S/C14H19ClN4O2/c1-14(2,3)21-13(20)19-7-9-4-10(19)6-18(9)12-5-11(15)16-8-17-12/h5,8-10H,4,6-7H2,1-3H3. The lowest BCUT2D eigenvalue weighted by Gasteiger charge is -2.35. The molecule has 6 nitrogen and oxygen atoms in total. The molecule has 1 aromatic rings. The third-order valence-electron chi connectivity index (χ3n) is 3.78. The van der Waals surface area contributed by atoms with Gasteiger partial charge in [0.2, 0.25) is 0 Å². The summed E-state index contributed by atoms with van der Waals surface area (Å²) in [6, 6.07) is 2.21. The lowest BCUT2D eigenvalue weighted by Crippen LogP contribution is -2.50. The summed E-state index contributed by atoms with van der Waals surface area (Å²) in [6.45, 7) is 7.08. The van der Waals surface area contributed by atoms with Crippen molar-refractivity contribution in [3.8, 4) is 0 Å². The van der Waals surface area contributed by atoms with Crippen LogP contribution in [-0.2, 0) is 4.74 Å². The molecule has 2 bridgehead atoms. The number of aromatic nitrogens is 2. The van der Waals surface area contributed by atoms with Crippen LogP contribution in [0.4, 0.5) is 10.6 Å². The van der Waals surface area contributed by atoms with Crippen LogP contribution >= 0.6 is 11.6 Å². The van der Waals surface area contributed by atoms with Crippen molar-refractivity contribution in [2.75, 3.05) is 18.0 Å². The highest BCUT2D eigenvalue weighted by molar-refractivity contribution is 6.29. The van der Waals surface area contributed by atoms with Crippen molar-refractivity contribution in [3.63, 3.8) is 0 Å². The Bertz CT molecular complexity index is 560. The van der Waals surface area contributed by atoms with E-state index in [-0.39, 0.29) is 18.2 Å². The van der Waals surface area contributed by atoms with Crippen LogP contribution in [0.5, 0.6) is 0 Å². The number of fused-ring (bicyclic) bond motifs is 2. The van der Waals surface area contributed by atoms with Crippen molar-refractivity contribution in [1.29, 1.82) is 0 Å². The summed E-state index contributed by atoms with van der Waals surface area (Å²) in [5, 5.41) is 0.437. The molecular weight excluding hydrogens is 292 g/mol. The number of amides is 1. The zero-order valence-corrected chi connectivity index (χ0v) is 13.2. The van der Waals surface area contributed by atoms with Crippen molar-refractivity contribution in [3.05, 3.63) is 17.5 Å². The molecule has 3 heterocycles. The number of likely N-dealkylation sites (tertiary alicyclic amines) is 1. The Morgan fingerprint density at radius 3 is 2.67 bits per heavy atom. The van der Waals surface area contributed by atoms with Gasteiger partial charge in [-0.25, -0.2) is 14.8 Å². The van der Waals surface area contributed by atoms with Gasteiger partial charge in [0.1, 0.15) is 22.9 Å². The molecule has 2 aliphatic rings. The molecule has 21 heavy (non-hydrogen) atoms. The van der Waals surface area contributed by atoms with Gasteiger partial charge in [0.05, 0.1) is 12.1 Å². The normalized spacial score (nSPS) is 24.6. The Morgan fingerprint density at radius 1 is 1.33 bits per heavy atom. The number of carbonyl (C=O) groups is 1. The van der Waals surface area contributed by atoms with Gasteiger partial charge in [-0.3, -0.25) is 0 Å². The topological polar surface area (TPSA) is 58.6 Å². The van der Waals surface area contributed by atoms with Crippen molar-refractivity contribution in [2.24, 2.45) is 0 Å². The monoisotopic (exact) mass is 310 g/mol. The zero-order valence-electron chi connectivity index (χ0n) is 12.4. The van der Waals surface area contributed by atoms with Crippen molar-refractivity contribution in [1.82, 2.24) is 14.9 Å². The molecule has 0 spiro atoms. The summed E-state index contributed by atoms with van der Waals surface area (Å²) < 4.78 is 5.46. The first-order valence-electron chi connectivity index (χ1n) is 7.07. The third-order valence-corrected chi connectivity index (χ3v) is 3.99. The predicted octanol–water partition coefficient (Wildman–Crippen LogP) is 2.33. The number of anilines is 1. The lowest BCUT2D eigenvalue weighted by atomic mass is 10.2. The van der Waals surface area contributed by atoms with E-state index in [2.05, 4.69) is 14.9 Å². The third kappa shape index (κ3) is 2.90. The summed E-state index contributed by atoms with van der Waals surface area (Å²) in [5.74, 6) is 0.825. The van der Waals surface area contributed by atoms with E-state index in [1.54, 1.807) is 6.07 Å². The second-order valence-electron chi connectivity index (χ2n) is 6.53. The molecule has 2 aliphatic heterocycles. The fourth-order valence-corrected chi connectivity index (χ4v) is 3.11. The molecule has 2 fully saturated rings. The minimum absolute atomic E-state index is 0.179. The van der Waals surface area contributed by atoms with E-state index in [1.165, 1.54) is 6.33 Å². The number of piperazine rings is 1. The van der Waals surface area contributed by atoms with E-state index >= 15 is 0 Å². The first-order chi connectivity index (χ1) is 9.83. The molecule has 2 saturated heterocycles. The van der Waals surface area contributed by atoms with E-state index in [0.717, 1.165) is 18.8 Å². The predicted molar refractivity (Wildman–Crippen MR) is 79.5 cm³/mol. The van der Waals surface area contributed by atoms with Gasteiger partial charge in [0.25, 0.3) is 0 Å². The molecule has 0 saturated carbocycles. The molecule has 0 aliphatic carbocycles. The highest BCUT2D eigenvalue weighted by atomic mass is 35.5. The molecule has 3 rings (SSSR count). The van der Waals surface area contributed by atoms with E-state index in [0.29, 0.717) is 11.7 Å². The molecule has 0 N–H and O–H groups in total. The SMILES string of the molecule is CC(C)(C)OC(=O)N1CC2CC1CN2c1cc(Cl)ncn1. The summed E-state index contributed by atoms with van der Waals surface area (Å²) in [5.41, 5.74) is -0.460. The van der Waals surface area contributed by atoms with Crippen LogP contribution in [0.2, 0.25) is 5.15 Å². The molecular formula is C14H19ClN4O2. The highest BCUT2D eigenvalue weighted by Gasteiger charge is 2.47. The van der Waals surface area contributed by atoms with Crippen molar-refractivity contribution in [2.45, 2.75) is 44.9 Å². The second-order valence-corrected chi connectivity index (χ2v) is 6.91. The largest absolute Gasteiger partial charge is 0.444 e. The van der Waals surface area contributed by atoms with Crippen LogP contribution in [0.1, 0.15) is 27.2 Å². The fraction of sp³-hybridized carbons (Fsp3) is 0.643. The smallest absolute Gasteiger partial charge is 0.410 e. The van der Waals surface area contributed by atoms with Crippen molar-refractivity contribution < 1.29 is 9.53 Å². The highest BCUT2D eigenvalue weighted by Crippen LogP contribution is 2.34. The number of rotatable bonds is 1. The summed E-state index contributed by atoms with van der Waals surface area (Å²) in [7, 11) is 0. The molecule has 114 valence electrons. The molecule has 2 atom stereocenters. The summed E-state index contributed by atoms with van der Waals surface area (Å²) in [4.78, 5) is 24.4. The van der Waals surface area contributed by atoms with Crippen LogP contribution in [0, 0.1) is 0 Å². The number of halogens is 1. The average Bonchev–Trinajstić information content (AvgIpc) is 2.96. The van der Waals surface area contributed by atoms with Crippen molar-refractivity contribution >= 4 is 23.5 Å². The van der Waals surface area contributed by atoms with E-state index in [1.807, 2.05) is 25.7 Å². The Morgan fingerprint density at radius 2 is 2.10 bits per heavy atom. The molecule has 1 amide bonds. The van der Waals surface area contributed by atoms with Gasteiger partial charge in [-0.05, 0) is 27.2 Å². The molecule has 1 aromatic heterocycles. The number of nitrogens with zero attached hydrogens (tertiary/aromatic N) is 4. The minimum Gasteiger partial charge on any atom is -0.444 e. The Kier molecular flexibility index (Phi) is 3.43. The van der Waals surface area contributed by atoms with Gasteiger partial charge in [0, 0.05) is 19.2 Å². The minimum atomic E-state index is -0.460. The van der Waals surface area contributed by atoms with Gasteiger partial charge < -0.3 is 14.5 Å². The molecule has 2 unspecified atom stereocenters. The van der Waals surface area contributed by atoms with Gasteiger partial charge in [-0.1, -0.05) is 11.6 Å². The first kappa shape index (κ1) is 14.4. The fourth-order valence-electron chi connectivity index (χ4n) is 2.97. The Balaban J connectivity index is 1.68. The second kappa shape index (κ2) is 5.02. The Hall–Kier alpha value is -1.56. The van der Waals surface area contributed by atoms with Gasteiger partial charge in [0.15, 0.2) is 0 Å². The quantitative estimate of drug-likeness (QED) is 0.745. The maximum Gasteiger partial charge on any atom is 0.410 e. The summed E-state index contributed by atoms with van der Waals surface area (Å²) >= 11 is 5.91. The van der Waals surface area contributed by atoms with Gasteiger partial charge in [-0.2, -0.15) is 0 Å². The van der Waals surface area contributed by atoms with Crippen LogP contribution < -0.4 is 4.90 Å². The van der Waals surface area contributed by atoms with E-state index in [9.17, 15) is 4.79 Å². The van der Waals surface area contributed by atoms with E-state index in [4.69, 9.17) is 16.3 Å². The van der Waals surface area contributed by atoms with E-state index < -0.39 is 5.60 Å². The lowest BCUT2D eigenvalue weighted by molar-refractivity contribution is 0.0214. The number of carbonyl (C=O) groups excluding carboxylic acids is 1.